The van der Waals surface area contributed by atoms with Crippen molar-refractivity contribution < 1.29 is 27.6 Å². The molecule has 1 heterocycles. The molecule has 2 N–H and O–H groups in total. The molecule has 0 aliphatic carbocycles. The minimum Gasteiger partial charge on any atom is -0.324 e. The Balaban J connectivity index is 0.000000273. The Labute approximate surface area is 155 Å². The second-order valence-electron chi connectivity index (χ2n) is 4.48. The van der Waals surface area contributed by atoms with E-state index in [1.54, 1.807) is 11.6 Å². The van der Waals surface area contributed by atoms with Crippen LogP contribution in [0.15, 0.2) is 35.8 Å². The fraction of sp³-hybridized carbons (Fsp3) is 0.200. The van der Waals surface area contributed by atoms with Crippen LogP contribution in [0.3, 0.4) is 0 Å². The number of anilines is 2. The highest BCUT2D eigenvalue weighted by Crippen LogP contribution is 2.34. The lowest BCUT2D eigenvalue weighted by atomic mass is 10.1. The number of aldehydes is 1. The summed E-state index contributed by atoms with van der Waals surface area (Å²) < 4.78 is 37.3. The van der Waals surface area contributed by atoms with Crippen LogP contribution in [0.2, 0.25) is 0 Å². The lowest BCUT2D eigenvalue weighted by Gasteiger charge is -2.12. The number of thiazole rings is 1. The second-order valence-corrected chi connectivity index (χ2v) is 5.64. The first-order valence-corrected chi connectivity index (χ1v) is 8.34. The maximum absolute atomic E-state index is 12.4. The Hall–Kier alpha value is -2.46. The van der Waals surface area contributed by atoms with Crippen LogP contribution in [0.25, 0.3) is 0 Å². The molecule has 26 heavy (non-hydrogen) atoms. The van der Waals surface area contributed by atoms with Crippen molar-refractivity contribution in [3.8, 4) is 0 Å². The molecule has 2 aromatic rings. The number of hydrogen-bond donors (Lipinski definition) is 2. The van der Waals surface area contributed by atoms with Gasteiger partial charge in [-0.15, -0.1) is 22.9 Å². The zero-order valence-corrected chi connectivity index (χ0v) is 14.6. The summed E-state index contributed by atoms with van der Waals surface area (Å²) >= 11 is 6.49. The monoisotopic (exact) mass is 407 g/mol. The molecule has 0 aliphatic rings. The van der Waals surface area contributed by atoms with E-state index in [4.69, 9.17) is 11.6 Å². The van der Waals surface area contributed by atoms with Crippen molar-refractivity contribution in [2.24, 2.45) is 0 Å². The molecular formula is C15H13ClF3N3O3S. The van der Waals surface area contributed by atoms with E-state index in [0.717, 1.165) is 6.07 Å². The summed E-state index contributed by atoms with van der Waals surface area (Å²) in [6.07, 6.45) is -2.46. The average molecular weight is 408 g/mol. The van der Waals surface area contributed by atoms with Crippen molar-refractivity contribution in [2.45, 2.75) is 12.6 Å². The number of benzene rings is 1. The molecule has 0 aliphatic heterocycles. The maximum atomic E-state index is 12.4. The largest absolute Gasteiger partial charge is 0.418 e. The minimum atomic E-state index is -4.49. The number of halogens is 4. The molecule has 0 atom stereocenters. The zero-order chi connectivity index (χ0) is 19.6. The number of nitrogens with one attached hydrogen (secondary N) is 2. The van der Waals surface area contributed by atoms with Crippen molar-refractivity contribution in [3.05, 3.63) is 41.4 Å². The predicted octanol–water partition coefficient (Wildman–Crippen LogP) is 3.55. The number of carbonyl (C=O) groups excluding carboxylic acids is 3. The number of hydrogen-bond acceptors (Lipinski definition) is 5. The second kappa shape index (κ2) is 10.5. The maximum Gasteiger partial charge on any atom is 0.418 e. The molecule has 0 fully saturated rings. The minimum absolute atomic E-state index is 0.112. The van der Waals surface area contributed by atoms with Gasteiger partial charge in [0.2, 0.25) is 11.8 Å². The molecule has 2 rings (SSSR count). The van der Waals surface area contributed by atoms with Crippen LogP contribution < -0.4 is 10.6 Å². The standard InChI is InChI=1S/C9H7ClF3NO.C6H6N2O2S/c10-5-8(15)14-7-4-2-1-3-6(7)9(11,12)13;9-3-1-5(10)8-6-7-2-4-11-6/h1-4H,5H2,(H,14,15);2-4H,1H2,(H,7,8,10). The van der Waals surface area contributed by atoms with E-state index in [-0.39, 0.29) is 23.9 Å². The molecule has 0 saturated carbocycles. The average Bonchev–Trinajstić information content (AvgIpc) is 3.08. The number of nitrogens with zero attached hydrogens (tertiary/aromatic N) is 1. The van der Waals surface area contributed by atoms with Gasteiger partial charge >= 0.3 is 6.18 Å². The van der Waals surface area contributed by atoms with Gasteiger partial charge in [-0.3, -0.25) is 9.59 Å². The van der Waals surface area contributed by atoms with Crippen LogP contribution in [0.1, 0.15) is 12.0 Å². The third-order valence-electron chi connectivity index (χ3n) is 2.58. The SMILES string of the molecule is O=C(CCl)Nc1ccccc1C(F)(F)F.O=CCC(=O)Nc1nccs1. The molecule has 0 saturated heterocycles. The van der Waals surface area contributed by atoms with Crippen LogP contribution in [0, 0.1) is 0 Å². The number of amides is 2. The topological polar surface area (TPSA) is 88.2 Å². The molecular weight excluding hydrogens is 395 g/mol. The van der Waals surface area contributed by atoms with Crippen LogP contribution >= 0.6 is 22.9 Å². The predicted molar refractivity (Wildman–Crippen MR) is 92.2 cm³/mol. The zero-order valence-electron chi connectivity index (χ0n) is 13.0. The summed E-state index contributed by atoms with van der Waals surface area (Å²) in [6.45, 7) is 0. The fourth-order valence-corrected chi connectivity index (χ4v) is 2.17. The van der Waals surface area contributed by atoms with E-state index in [0.29, 0.717) is 11.4 Å². The number of para-hydroxylation sites is 1. The normalized spacial score (nSPS) is 10.3. The van der Waals surface area contributed by atoms with Crippen molar-refractivity contribution in [2.75, 3.05) is 16.5 Å². The Morgan fingerprint density at radius 2 is 1.88 bits per heavy atom. The van der Waals surface area contributed by atoms with E-state index in [1.807, 2.05) is 0 Å². The lowest BCUT2D eigenvalue weighted by Crippen LogP contribution is -2.17. The van der Waals surface area contributed by atoms with Crippen LogP contribution in [-0.4, -0.2) is 29.0 Å². The van der Waals surface area contributed by atoms with Gasteiger partial charge in [-0.05, 0) is 12.1 Å². The van der Waals surface area contributed by atoms with Crippen molar-refractivity contribution >= 4 is 51.9 Å². The van der Waals surface area contributed by atoms with Crippen LogP contribution in [0.5, 0.6) is 0 Å². The Bertz CT molecular complexity index is 739. The van der Waals surface area contributed by atoms with Crippen molar-refractivity contribution in [1.82, 2.24) is 4.98 Å². The first-order chi connectivity index (χ1) is 12.3. The molecule has 1 aromatic carbocycles. The summed E-state index contributed by atoms with van der Waals surface area (Å²) in [4.78, 5) is 35.3. The van der Waals surface area contributed by atoms with Gasteiger partial charge in [0.1, 0.15) is 12.2 Å². The van der Waals surface area contributed by atoms with E-state index in [2.05, 4.69) is 15.6 Å². The first-order valence-electron chi connectivity index (χ1n) is 6.93. The first kappa shape index (κ1) is 21.6. The highest BCUT2D eigenvalue weighted by molar-refractivity contribution is 7.13. The molecule has 0 radical (unpaired) electrons. The van der Waals surface area contributed by atoms with Gasteiger partial charge < -0.3 is 15.4 Å². The van der Waals surface area contributed by atoms with E-state index >= 15 is 0 Å². The molecule has 140 valence electrons. The summed E-state index contributed by atoms with van der Waals surface area (Å²) in [5.74, 6) is -1.38. The molecule has 2 amide bonds. The number of carbonyl (C=O) groups is 3. The van der Waals surface area contributed by atoms with E-state index < -0.39 is 17.6 Å². The number of aromatic nitrogens is 1. The van der Waals surface area contributed by atoms with E-state index in [1.165, 1.54) is 29.5 Å². The molecule has 0 unspecified atom stereocenters. The third-order valence-corrected chi connectivity index (χ3v) is 3.51. The van der Waals surface area contributed by atoms with Gasteiger partial charge in [-0.1, -0.05) is 12.1 Å². The van der Waals surface area contributed by atoms with Crippen LogP contribution in [0.4, 0.5) is 24.0 Å². The molecule has 0 spiro atoms. The molecule has 11 heteroatoms. The van der Waals surface area contributed by atoms with Gasteiger partial charge in [0.05, 0.1) is 17.7 Å². The number of alkyl halides is 4. The fourth-order valence-electron chi connectivity index (χ4n) is 1.55. The number of rotatable bonds is 5. The summed E-state index contributed by atoms with van der Waals surface area (Å²) in [7, 11) is 0. The third kappa shape index (κ3) is 7.62. The van der Waals surface area contributed by atoms with Crippen LogP contribution in [-0.2, 0) is 20.6 Å². The Morgan fingerprint density at radius 3 is 2.42 bits per heavy atom. The Morgan fingerprint density at radius 1 is 1.19 bits per heavy atom. The van der Waals surface area contributed by atoms with E-state index in [9.17, 15) is 27.6 Å². The molecule has 1 aromatic heterocycles. The summed E-state index contributed by atoms with van der Waals surface area (Å²) in [5, 5.41) is 6.81. The summed E-state index contributed by atoms with van der Waals surface area (Å²) in [5.41, 5.74) is -1.17. The lowest BCUT2D eigenvalue weighted by molar-refractivity contribution is -0.137. The highest BCUT2D eigenvalue weighted by atomic mass is 35.5. The quantitative estimate of drug-likeness (QED) is 0.450. The van der Waals surface area contributed by atoms with Gasteiger partial charge in [0.15, 0.2) is 5.13 Å². The molecule has 0 bridgehead atoms. The highest BCUT2D eigenvalue weighted by Gasteiger charge is 2.33. The van der Waals surface area contributed by atoms with Gasteiger partial charge in [0.25, 0.3) is 0 Å². The van der Waals surface area contributed by atoms with Gasteiger partial charge in [-0.2, -0.15) is 13.2 Å². The van der Waals surface area contributed by atoms with Gasteiger partial charge in [-0.25, -0.2) is 4.98 Å². The smallest absolute Gasteiger partial charge is 0.324 e. The summed E-state index contributed by atoms with van der Waals surface area (Å²) in [6, 6.07) is 4.72. The van der Waals surface area contributed by atoms with Gasteiger partial charge in [0, 0.05) is 11.6 Å². The Kier molecular flexibility index (Phi) is 8.73. The molecule has 6 nitrogen and oxygen atoms in total. The van der Waals surface area contributed by atoms with Crippen molar-refractivity contribution in [1.29, 1.82) is 0 Å². The van der Waals surface area contributed by atoms with Crippen molar-refractivity contribution in [3.63, 3.8) is 0 Å².